The first-order chi connectivity index (χ1) is 32.2. The SMILES string of the molecule is Cc1ccc(-c2ccc3c(c2)c2ccccc2n3-c2c(-c3cc(-c4ccccc4)nc(-c4ccccc4)n3)cc(C(F)(F)F)cc2-c2cc(-c3ccccc3)nc(-c3ccccc3)n2)cc1. The second-order valence-corrected chi connectivity index (χ2v) is 16.3. The molecule has 3 aromatic heterocycles. The summed E-state index contributed by atoms with van der Waals surface area (Å²) in [5.74, 6) is 0.753. The molecular formula is C58H38F3N5. The van der Waals surface area contributed by atoms with Gasteiger partial charge in [-0.05, 0) is 60.5 Å². The zero-order valence-electron chi connectivity index (χ0n) is 35.6. The summed E-state index contributed by atoms with van der Waals surface area (Å²) in [7, 11) is 0. The predicted octanol–water partition coefficient (Wildman–Crippen LogP) is 15.4. The molecule has 0 atom stereocenters. The molecule has 11 aromatic rings. The number of aryl methyl sites for hydroxylation is 1. The third kappa shape index (κ3) is 7.58. The highest BCUT2D eigenvalue weighted by Crippen LogP contribution is 2.46. The number of hydrogen-bond acceptors (Lipinski definition) is 4. The average molecular weight is 862 g/mol. The molecular weight excluding hydrogens is 824 g/mol. The number of rotatable bonds is 8. The van der Waals surface area contributed by atoms with Crippen LogP contribution in [0.1, 0.15) is 11.1 Å². The molecule has 8 aromatic carbocycles. The number of nitrogens with zero attached hydrogens (tertiary/aromatic N) is 5. The molecule has 11 rings (SSSR count). The van der Waals surface area contributed by atoms with E-state index in [1.165, 1.54) is 12.1 Å². The minimum Gasteiger partial charge on any atom is -0.308 e. The summed E-state index contributed by atoms with van der Waals surface area (Å²) < 4.78 is 49.2. The molecule has 0 bridgehead atoms. The van der Waals surface area contributed by atoms with E-state index in [9.17, 15) is 0 Å². The maximum atomic E-state index is 15.7. The van der Waals surface area contributed by atoms with E-state index in [4.69, 9.17) is 19.9 Å². The van der Waals surface area contributed by atoms with Gasteiger partial charge in [-0.1, -0.05) is 175 Å². The lowest BCUT2D eigenvalue weighted by Gasteiger charge is -2.22. The maximum absolute atomic E-state index is 15.7. The fourth-order valence-corrected chi connectivity index (χ4v) is 8.69. The molecule has 0 N–H and O–H groups in total. The fourth-order valence-electron chi connectivity index (χ4n) is 8.69. The largest absolute Gasteiger partial charge is 0.416 e. The molecule has 0 radical (unpaired) electrons. The molecule has 0 aliphatic carbocycles. The van der Waals surface area contributed by atoms with Crippen molar-refractivity contribution in [3.63, 3.8) is 0 Å². The van der Waals surface area contributed by atoms with E-state index >= 15 is 13.2 Å². The standard InChI is InChI=1S/C58H38F3N5/c1-37-26-28-38(29-27-37)43-30-31-54-46(32-43)45-24-14-15-25-53(45)66(54)55-47(51-35-49(39-16-6-2-7-17-39)62-56(64-51)41-20-10-4-11-21-41)33-44(58(59,60)61)34-48(55)52-36-50(40-18-8-3-9-19-40)63-57(65-52)42-22-12-5-13-23-42/h2-36H,1H3. The summed E-state index contributed by atoms with van der Waals surface area (Å²) in [6.45, 7) is 2.06. The molecule has 3 heterocycles. The van der Waals surface area contributed by atoms with Crippen molar-refractivity contribution in [2.24, 2.45) is 0 Å². The van der Waals surface area contributed by atoms with E-state index < -0.39 is 11.7 Å². The Hall–Kier alpha value is -8.49. The van der Waals surface area contributed by atoms with Crippen LogP contribution >= 0.6 is 0 Å². The van der Waals surface area contributed by atoms with Gasteiger partial charge in [0, 0.05) is 44.2 Å². The van der Waals surface area contributed by atoms with Gasteiger partial charge in [0.25, 0.3) is 0 Å². The van der Waals surface area contributed by atoms with E-state index in [1.54, 1.807) is 12.1 Å². The van der Waals surface area contributed by atoms with E-state index in [0.29, 0.717) is 40.1 Å². The van der Waals surface area contributed by atoms with Crippen LogP contribution in [0.2, 0.25) is 0 Å². The molecule has 0 unspecified atom stereocenters. The van der Waals surface area contributed by atoms with Crippen molar-refractivity contribution in [3.8, 4) is 84.6 Å². The number of para-hydroxylation sites is 1. The molecule has 316 valence electrons. The topological polar surface area (TPSA) is 56.5 Å². The average Bonchev–Trinajstić information content (AvgIpc) is 3.70. The third-order valence-corrected chi connectivity index (χ3v) is 11.9. The first-order valence-electron chi connectivity index (χ1n) is 21.6. The van der Waals surface area contributed by atoms with Gasteiger partial charge < -0.3 is 4.57 Å². The van der Waals surface area contributed by atoms with E-state index in [1.807, 2.05) is 140 Å². The Labute approximate surface area is 379 Å². The number of benzene rings is 8. The van der Waals surface area contributed by atoms with Crippen LogP contribution in [0.15, 0.2) is 212 Å². The predicted molar refractivity (Wildman–Crippen MR) is 260 cm³/mol. The molecule has 0 amide bonds. The monoisotopic (exact) mass is 861 g/mol. The van der Waals surface area contributed by atoms with Crippen molar-refractivity contribution in [2.45, 2.75) is 13.1 Å². The van der Waals surface area contributed by atoms with Crippen LogP contribution in [0, 0.1) is 6.92 Å². The highest BCUT2D eigenvalue weighted by Gasteiger charge is 2.34. The Bertz CT molecular complexity index is 3290. The van der Waals surface area contributed by atoms with Gasteiger partial charge in [0.2, 0.25) is 0 Å². The van der Waals surface area contributed by atoms with Crippen molar-refractivity contribution < 1.29 is 13.2 Å². The summed E-state index contributed by atoms with van der Waals surface area (Å²) in [6, 6.07) is 67.0. The van der Waals surface area contributed by atoms with Gasteiger partial charge in [0.05, 0.1) is 45.1 Å². The molecule has 0 aliphatic rings. The van der Waals surface area contributed by atoms with Crippen molar-refractivity contribution in [1.29, 1.82) is 0 Å². The fraction of sp³-hybridized carbons (Fsp3) is 0.0345. The lowest BCUT2D eigenvalue weighted by atomic mass is 9.95. The van der Waals surface area contributed by atoms with Gasteiger partial charge >= 0.3 is 6.18 Å². The quantitative estimate of drug-likeness (QED) is 0.153. The van der Waals surface area contributed by atoms with Gasteiger partial charge in [0.1, 0.15) is 0 Å². The van der Waals surface area contributed by atoms with Crippen molar-refractivity contribution in [2.75, 3.05) is 0 Å². The second kappa shape index (κ2) is 16.6. The molecule has 0 fully saturated rings. The van der Waals surface area contributed by atoms with Crippen LogP contribution in [-0.4, -0.2) is 24.5 Å². The second-order valence-electron chi connectivity index (χ2n) is 16.3. The van der Waals surface area contributed by atoms with Gasteiger partial charge in [-0.2, -0.15) is 13.2 Å². The summed E-state index contributed by atoms with van der Waals surface area (Å²) in [5.41, 5.74) is 9.76. The molecule has 0 saturated carbocycles. The lowest BCUT2D eigenvalue weighted by molar-refractivity contribution is -0.137. The zero-order valence-corrected chi connectivity index (χ0v) is 35.6. The van der Waals surface area contributed by atoms with Gasteiger partial charge in [-0.15, -0.1) is 0 Å². The Morgan fingerprint density at radius 2 is 0.788 bits per heavy atom. The highest BCUT2D eigenvalue weighted by atomic mass is 19.4. The lowest BCUT2D eigenvalue weighted by Crippen LogP contribution is -2.10. The zero-order chi connectivity index (χ0) is 44.8. The minimum atomic E-state index is -4.75. The van der Waals surface area contributed by atoms with E-state index in [2.05, 4.69) is 60.0 Å². The van der Waals surface area contributed by atoms with Crippen LogP contribution in [0.5, 0.6) is 0 Å². The van der Waals surface area contributed by atoms with Crippen molar-refractivity contribution in [3.05, 3.63) is 223 Å². The van der Waals surface area contributed by atoms with Crippen LogP contribution in [0.25, 0.3) is 106 Å². The molecule has 66 heavy (non-hydrogen) atoms. The third-order valence-electron chi connectivity index (χ3n) is 11.9. The molecule has 0 saturated heterocycles. The number of aromatic nitrogens is 5. The molecule has 5 nitrogen and oxygen atoms in total. The Morgan fingerprint density at radius 1 is 0.364 bits per heavy atom. The first-order valence-corrected chi connectivity index (χ1v) is 21.6. The number of halogens is 3. The smallest absolute Gasteiger partial charge is 0.308 e. The number of hydrogen-bond donors (Lipinski definition) is 0. The minimum absolute atomic E-state index is 0.253. The number of fused-ring (bicyclic) bond motifs is 3. The van der Waals surface area contributed by atoms with Crippen LogP contribution in [0.3, 0.4) is 0 Å². The van der Waals surface area contributed by atoms with Gasteiger partial charge in [-0.3, -0.25) is 0 Å². The highest BCUT2D eigenvalue weighted by molar-refractivity contribution is 6.11. The van der Waals surface area contributed by atoms with Crippen molar-refractivity contribution >= 4 is 21.8 Å². The van der Waals surface area contributed by atoms with Gasteiger partial charge in [-0.25, -0.2) is 19.9 Å². The summed E-state index contributed by atoms with van der Waals surface area (Å²) in [5, 5.41) is 1.88. The van der Waals surface area contributed by atoms with Crippen molar-refractivity contribution in [1.82, 2.24) is 24.5 Å². The molecule has 0 spiro atoms. The van der Waals surface area contributed by atoms with Crippen LogP contribution in [-0.2, 0) is 6.18 Å². The Kier molecular flexibility index (Phi) is 10.1. The number of alkyl halides is 3. The molecule has 0 aliphatic heterocycles. The Morgan fingerprint density at radius 3 is 1.29 bits per heavy atom. The summed E-state index contributed by atoms with van der Waals surface area (Å²) in [4.78, 5) is 20.3. The van der Waals surface area contributed by atoms with Crippen LogP contribution < -0.4 is 0 Å². The van der Waals surface area contributed by atoms with Gasteiger partial charge in [0.15, 0.2) is 11.6 Å². The van der Waals surface area contributed by atoms with E-state index in [0.717, 1.165) is 60.8 Å². The summed E-state index contributed by atoms with van der Waals surface area (Å²) in [6.07, 6.45) is -4.75. The van der Waals surface area contributed by atoms with E-state index in [-0.39, 0.29) is 11.1 Å². The maximum Gasteiger partial charge on any atom is 0.416 e. The normalized spacial score (nSPS) is 11.6. The summed E-state index contributed by atoms with van der Waals surface area (Å²) >= 11 is 0. The first kappa shape index (κ1) is 40.3. The molecule has 8 heteroatoms. The van der Waals surface area contributed by atoms with Crippen LogP contribution in [0.4, 0.5) is 13.2 Å². The Balaban J connectivity index is 1.30.